The largest absolute Gasteiger partial charge is 0.378 e. The number of nitrogens with zero attached hydrogens (tertiary/aromatic N) is 1. The first-order valence-electron chi connectivity index (χ1n) is 4.86. The van der Waals surface area contributed by atoms with Gasteiger partial charge in [-0.1, -0.05) is 22.0 Å². The number of hydrogen-bond donors (Lipinski definition) is 0. The average molecular weight is 256 g/mol. The predicted octanol–water partition coefficient (Wildman–Crippen LogP) is 2.59. The summed E-state index contributed by atoms with van der Waals surface area (Å²) < 4.78 is 6.50. The van der Waals surface area contributed by atoms with Gasteiger partial charge in [-0.15, -0.1) is 0 Å². The van der Waals surface area contributed by atoms with Crippen molar-refractivity contribution in [2.75, 3.05) is 31.2 Å². The number of rotatable bonds is 1. The van der Waals surface area contributed by atoms with Crippen LogP contribution in [0, 0.1) is 6.92 Å². The minimum atomic E-state index is 0.839. The molecule has 1 aromatic carbocycles. The first-order chi connectivity index (χ1) is 6.77. The first kappa shape index (κ1) is 9.99. The molecule has 1 aliphatic rings. The molecule has 0 radical (unpaired) electrons. The van der Waals surface area contributed by atoms with Crippen molar-refractivity contribution in [3.8, 4) is 0 Å². The quantitative estimate of drug-likeness (QED) is 0.765. The molecule has 2 rings (SSSR count). The highest BCUT2D eigenvalue weighted by molar-refractivity contribution is 9.10. The van der Waals surface area contributed by atoms with Gasteiger partial charge < -0.3 is 9.64 Å². The smallest absolute Gasteiger partial charge is 0.0642 e. The lowest BCUT2D eigenvalue weighted by molar-refractivity contribution is 0.122. The molecule has 0 aliphatic carbocycles. The van der Waals surface area contributed by atoms with E-state index in [2.05, 4.69) is 46.0 Å². The first-order valence-corrected chi connectivity index (χ1v) is 5.65. The Kier molecular flexibility index (Phi) is 3.08. The van der Waals surface area contributed by atoms with Gasteiger partial charge >= 0.3 is 0 Å². The van der Waals surface area contributed by atoms with Gasteiger partial charge in [-0.3, -0.25) is 0 Å². The number of aryl methyl sites for hydroxylation is 1. The maximum atomic E-state index is 5.32. The van der Waals surface area contributed by atoms with Gasteiger partial charge in [0.25, 0.3) is 0 Å². The molecule has 1 heterocycles. The van der Waals surface area contributed by atoms with E-state index >= 15 is 0 Å². The lowest BCUT2D eigenvalue weighted by Gasteiger charge is -2.29. The third-order valence-corrected chi connectivity index (χ3v) is 3.39. The van der Waals surface area contributed by atoms with Crippen LogP contribution >= 0.6 is 15.9 Å². The van der Waals surface area contributed by atoms with E-state index in [1.54, 1.807) is 0 Å². The minimum Gasteiger partial charge on any atom is -0.378 e. The summed E-state index contributed by atoms with van der Waals surface area (Å²) in [7, 11) is 0. The van der Waals surface area contributed by atoms with Crippen LogP contribution in [0.4, 0.5) is 5.69 Å². The van der Waals surface area contributed by atoms with Crippen molar-refractivity contribution in [3.63, 3.8) is 0 Å². The Morgan fingerprint density at radius 1 is 1.29 bits per heavy atom. The Morgan fingerprint density at radius 2 is 2.00 bits per heavy atom. The monoisotopic (exact) mass is 255 g/mol. The topological polar surface area (TPSA) is 12.5 Å². The molecule has 0 aromatic heterocycles. The zero-order valence-electron chi connectivity index (χ0n) is 8.29. The van der Waals surface area contributed by atoms with Crippen LogP contribution < -0.4 is 4.90 Å². The summed E-state index contributed by atoms with van der Waals surface area (Å²) in [6.45, 7) is 5.77. The van der Waals surface area contributed by atoms with Crippen molar-refractivity contribution in [2.24, 2.45) is 0 Å². The highest BCUT2D eigenvalue weighted by atomic mass is 79.9. The van der Waals surface area contributed by atoms with E-state index in [0.717, 1.165) is 26.3 Å². The Labute approximate surface area is 93.0 Å². The van der Waals surface area contributed by atoms with Crippen molar-refractivity contribution in [2.45, 2.75) is 6.92 Å². The highest BCUT2D eigenvalue weighted by Crippen LogP contribution is 2.23. The molecule has 1 fully saturated rings. The van der Waals surface area contributed by atoms with Gasteiger partial charge in [0, 0.05) is 23.2 Å². The van der Waals surface area contributed by atoms with Crippen LogP contribution in [0.1, 0.15) is 5.56 Å². The van der Waals surface area contributed by atoms with E-state index in [0.29, 0.717) is 0 Å². The molecule has 14 heavy (non-hydrogen) atoms. The van der Waals surface area contributed by atoms with Gasteiger partial charge in [-0.25, -0.2) is 0 Å². The third kappa shape index (κ3) is 2.10. The molecule has 2 nitrogen and oxygen atoms in total. The van der Waals surface area contributed by atoms with Crippen LogP contribution in [-0.4, -0.2) is 26.3 Å². The van der Waals surface area contributed by atoms with E-state index < -0.39 is 0 Å². The summed E-state index contributed by atoms with van der Waals surface area (Å²) in [5.74, 6) is 0. The van der Waals surface area contributed by atoms with Crippen LogP contribution in [0.15, 0.2) is 22.7 Å². The fourth-order valence-corrected chi connectivity index (χ4v) is 1.97. The fraction of sp³-hybridized carbons (Fsp3) is 0.455. The summed E-state index contributed by atoms with van der Waals surface area (Å²) in [5, 5.41) is 0. The van der Waals surface area contributed by atoms with Crippen LogP contribution in [0.5, 0.6) is 0 Å². The van der Waals surface area contributed by atoms with Crippen LogP contribution in [0.3, 0.4) is 0 Å². The maximum Gasteiger partial charge on any atom is 0.0642 e. The van der Waals surface area contributed by atoms with Gasteiger partial charge in [-0.2, -0.15) is 0 Å². The zero-order chi connectivity index (χ0) is 9.97. The zero-order valence-corrected chi connectivity index (χ0v) is 9.88. The summed E-state index contributed by atoms with van der Waals surface area (Å²) in [6.07, 6.45) is 0. The number of morpholine rings is 1. The van der Waals surface area contributed by atoms with Crippen molar-refractivity contribution >= 4 is 21.6 Å². The maximum absolute atomic E-state index is 5.32. The number of benzene rings is 1. The molecule has 1 aromatic rings. The predicted molar refractivity (Wildman–Crippen MR) is 61.9 cm³/mol. The molecule has 1 saturated heterocycles. The number of ether oxygens (including phenoxy) is 1. The Bertz CT molecular complexity index is 321. The van der Waals surface area contributed by atoms with Crippen molar-refractivity contribution in [3.05, 3.63) is 28.2 Å². The molecule has 0 spiro atoms. The summed E-state index contributed by atoms with van der Waals surface area (Å²) in [4.78, 5) is 2.35. The average Bonchev–Trinajstić information content (AvgIpc) is 2.23. The third-order valence-electron chi connectivity index (χ3n) is 2.53. The molecule has 0 atom stereocenters. The van der Waals surface area contributed by atoms with Crippen LogP contribution in [0.2, 0.25) is 0 Å². The van der Waals surface area contributed by atoms with E-state index in [1.165, 1.54) is 15.7 Å². The van der Waals surface area contributed by atoms with Gasteiger partial charge in [-0.05, 0) is 24.6 Å². The minimum absolute atomic E-state index is 0.839. The second-order valence-corrected chi connectivity index (χ2v) is 4.39. The van der Waals surface area contributed by atoms with Gasteiger partial charge in [0.05, 0.1) is 13.2 Å². The van der Waals surface area contributed by atoms with Crippen LogP contribution in [0.25, 0.3) is 0 Å². The van der Waals surface area contributed by atoms with E-state index in [-0.39, 0.29) is 0 Å². The molecular formula is C11H14BrNO. The summed E-state index contributed by atoms with van der Waals surface area (Å²) >= 11 is 3.55. The Morgan fingerprint density at radius 3 is 2.64 bits per heavy atom. The molecule has 0 bridgehead atoms. The van der Waals surface area contributed by atoms with Gasteiger partial charge in [0.1, 0.15) is 0 Å². The molecule has 1 aliphatic heterocycles. The second kappa shape index (κ2) is 4.32. The summed E-state index contributed by atoms with van der Waals surface area (Å²) in [6, 6.07) is 6.50. The lowest BCUT2D eigenvalue weighted by atomic mass is 10.2. The molecule has 0 amide bonds. The van der Waals surface area contributed by atoms with E-state index in [4.69, 9.17) is 4.74 Å². The lowest BCUT2D eigenvalue weighted by Crippen LogP contribution is -2.36. The molecule has 0 N–H and O–H groups in total. The second-order valence-electron chi connectivity index (χ2n) is 3.53. The van der Waals surface area contributed by atoms with Gasteiger partial charge in [0.2, 0.25) is 0 Å². The molecular weight excluding hydrogens is 242 g/mol. The van der Waals surface area contributed by atoms with E-state index in [1.807, 2.05) is 0 Å². The number of anilines is 1. The van der Waals surface area contributed by atoms with Gasteiger partial charge in [0.15, 0.2) is 0 Å². The Balaban J connectivity index is 2.18. The van der Waals surface area contributed by atoms with Crippen molar-refractivity contribution in [1.82, 2.24) is 0 Å². The number of hydrogen-bond acceptors (Lipinski definition) is 2. The summed E-state index contributed by atoms with van der Waals surface area (Å²) in [5.41, 5.74) is 2.56. The normalized spacial score (nSPS) is 17.1. The fourth-order valence-electron chi connectivity index (χ4n) is 1.60. The molecule has 0 unspecified atom stereocenters. The SMILES string of the molecule is Cc1ccc(N2CCOCC2)cc1Br. The molecule has 76 valence electrons. The van der Waals surface area contributed by atoms with E-state index in [9.17, 15) is 0 Å². The Hall–Kier alpha value is -0.540. The standard InChI is InChI=1S/C11H14BrNO/c1-9-2-3-10(8-11(9)12)13-4-6-14-7-5-13/h2-3,8H,4-7H2,1H3. The molecule has 3 heteroatoms. The van der Waals surface area contributed by atoms with Crippen molar-refractivity contribution < 1.29 is 4.74 Å². The number of halogens is 1. The van der Waals surface area contributed by atoms with Crippen LogP contribution in [-0.2, 0) is 4.74 Å². The molecule has 0 saturated carbocycles. The highest BCUT2D eigenvalue weighted by Gasteiger charge is 2.11. The van der Waals surface area contributed by atoms with Crippen molar-refractivity contribution in [1.29, 1.82) is 0 Å².